The Morgan fingerprint density at radius 1 is 1.44 bits per heavy atom. The van der Waals surface area contributed by atoms with E-state index in [1.54, 1.807) is 0 Å². The van der Waals surface area contributed by atoms with Crippen LogP contribution in [-0.2, 0) is 14.3 Å². The third-order valence-electron chi connectivity index (χ3n) is 1.14. The molecule has 4 heteroatoms. The molecule has 0 saturated carbocycles. The number of epoxide rings is 1. The van der Waals surface area contributed by atoms with Crippen molar-refractivity contribution < 1.29 is 19.4 Å². The second kappa shape index (κ2) is 1.80. The van der Waals surface area contributed by atoms with Crippen molar-refractivity contribution in [3.05, 3.63) is 0 Å². The number of aliphatic carboxylic acids is 1. The lowest BCUT2D eigenvalue weighted by Crippen LogP contribution is -2.12. The number of carboxylic acids is 1. The fraction of sp³-hybridized carbons (Fsp3) is 0.600. The summed E-state index contributed by atoms with van der Waals surface area (Å²) in [6.07, 6.45) is -1.55. The van der Waals surface area contributed by atoms with Gasteiger partial charge in [0.05, 0.1) is 0 Å². The summed E-state index contributed by atoms with van der Waals surface area (Å²) in [5.74, 6) is -1.28. The van der Waals surface area contributed by atoms with E-state index in [1.807, 2.05) is 0 Å². The van der Waals surface area contributed by atoms with E-state index in [9.17, 15) is 9.59 Å². The predicted molar refractivity (Wildman–Crippen MR) is 27.0 cm³/mol. The standard InChI is InChI=1S/C5H6O4/c1-2(6)3-4(9-3)5(7)8/h3-4H,1H3,(H,7,8). The van der Waals surface area contributed by atoms with E-state index in [4.69, 9.17) is 5.11 Å². The van der Waals surface area contributed by atoms with Crippen LogP contribution in [0.2, 0.25) is 0 Å². The molecule has 1 N–H and O–H groups in total. The molecule has 0 aliphatic carbocycles. The molecule has 0 aromatic carbocycles. The molecule has 1 aliphatic heterocycles. The van der Waals surface area contributed by atoms with Gasteiger partial charge >= 0.3 is 5.97 Å². The lowest BCUT2D eigenvalue weighted by atomic mass is 10.2. The number of carboxylic acid groups (broad SMARTS) is 1. The highest BCUT2D eigenvalue weighted by Crippen LogP contribution is 2.22. The highest BCUT2D eigenvalue weighted by molar-refractivity contribution is 5.91. The Hall–Kier alpha value is -0.900. The Kier molecular flexibility index (Phi) is 1.25. The van der Waals surface area contributed by atoms with E-state index in [0.29, 0.717) is 0 Å². The number of carbonyl (C=O) groups is 2. The highest BCUT2D eigenvalue weighted by Gasteiger charge is 2.48. The molecule has 9 heavy (non-hydrogen) atoms. The molecular formula is C5H6O4. The number of hydrogen-bond acceptors (Lipinski definition) is 3. The Labute approximate surface area is 51.4 Å². The van der Waals surface area contributed by atoms with Crippen molar-refractivity contribution in [2.24, 2.45) is 0 Å². The highest BCUT2D eigenvalue weighted by atomic mass is 16.6. The Morgan fingerprint density at radius 3 is 2.11 bits per heavy atom. The van der Waals surface area contributed by atoms with E-state index in [2.05, 4.69) is 4.74 Å². The first-order valence-corrected chi connectivity index (χ1v) is 2.51. The summed E-state index contributed by atoms with van der Waals surface area (Å²) in [6.45, 7) is 1.31. The largest absolute Gasteiger partial charge is 0.479 e. The van der Waals surface area contributed by atoms with Crippen molar-refractivity contribution in [1.82, 2.24) is 0 Å². The number of Topliss-reactive ketones (excluding diaryl/α,β-unsaturated/α-hetero) is 1. The van der Waals surface area contributed by atoms with E-state index in [-0.39, 0.29) is 5.78 Å². The van der Waals surface area contributed by atoms with Crippen LogP contribution >= 0.6 is 0 Å². The van der Waals surface area contributed by atoms with Gasteiger partial charge in [0.2, 0.25) is 0 Å². The molecule has 1 rings (SSSR count). The topological polar surface area (TPSA) is 66.9 Å². The molecule has 2 unspecified atom stereocenters. The molecule has 1 saturated heterocycles. The van der Waals surface area contributed by atoms with Crippen LogP contribution in [0.3, 0.4) is 0 Å². The van der Waals surface area contributed by atoms with E-state index in [1.165, 1.54) is 6.92 Å². The smallest absolute Gasteiger partial charge is 0.336 e. The molecule has 4 nitrogen and oxygen atoms in total. The summed E-state index contributed by atoms with van der Waals surface area (Å²) in [7, 11) is 0. The fourth-order valence-electron chi connectivity index (χ4n) is 0.609. The fourth-order valence-corrected chi connectivity index (χ4v) is 0.609. The summed E-state index contributed by atoms with van der Waals surface area (Å²) in [5, 5.41) is 8.20. The van der Waals surface area contributed by atoms with Gasteiger partial charge in [-0.25, -0.2) is 4.79 Å². The molecule has 1 aliphatic rings. The minimum atomic E-state index is -1.06. The molecule has 1 fully saturated rings. The summed E-state index contributed by atoms with van der Waals surface area (Å²) in [6, 6.07) is 0. The molecule has 0 radical (unpaired) electrons. The first kappa shape index (κ1) is 6.22. The average molecular weight is 130 g/mol. The second-order valence-corrected chi connectivity index (χ2v) is 1.93. The van der Waals surface area contributed by atoms with Gasteiger partial charge in [-0.2, -0.15) is 0 Å². The summed E-state index contributed by atoms with van der Waals surface area (Å²) < 4.78 is 4.49. The van der Waals surface area contributed by atoms with Crippen LogP contribution in [0.1, 0.15) is 6.92 Å². The number of carbonyl (C=O) groups excluding carboxylic acids is 1. The van der Waals surface area contributed by atoms with Crippen LogP contribution in [0.5, 0.6) is 0 Å². The van der Waals surface area contributed by atoms with Gasteiger partial charge < -0.3 is 9.84 Å². The normalized spacial score (nSPS) is 31.7. The summed E-state index contributed by atoms with van der Waals surface area (Å²) >= 11 is 0. The first-order valence-electron chi connectivity index (χ1n) is 2.51. The number of hydrogen-bond donors (Lipinski definition) is 1. The molecule has 0 aromatic heterocycles. The third kappa shape index (κ3) is 1.08. The second-order valence-electron chi connectivity index (χ2n) is 1.93. The van der Waals surface area contributed by atoms with Crippen molar-refractivity contribution in [1.29, 1.82) is 0 Å². The van der Waals surface area contributed by atoms with E-state index >= 15 is 0 Å². The monoisotopic (exact) mass is 130 g/mol. The van der Waals surface area contributed by atoms with Crippen molar-refractivity contribution in [3.8, 4) is 0 Å². The zero-order valence-electron chi connectivity index (χ0n) is 4.83. The van der Waals surface area contributed by atoms with Gasteiger partial charge in [0, 0.05) is 0 Å². The van der Waals surface area contributed by atoms with Gasteiger partial charge in [0.25, 0.3) is 0 Å². The molecular weight excluding hydrogens is 124 g/mol. The van der Waals surface area contributed by atoms with Crippen LogP contribution < -0.4 is 0 Å². The maximum Gasteiger partial charge on any atom is 0.336 e. The number of ether oxygens (including phenoxy) is 1. The Balaban J connectivity index is 2.42. The molecule has 2 atom stereocenters. The van der Waals surface area contributed by atoms with Crippen molar-refractivity contribution in [3.63, 3.8) is 0 Å². The van der Waals surface area contributed by atoms with Crippen LogP contribution in [0.15, 0.2) is 0 Å². The van der Waals surface area contributed by atoms with Crippen molar-refractivity contribution in [2.75, 3.05) is 0 Å². The number of ketones is 1. The van der Waals surface area contributed by atoms with Gasteiger partial charge in [0.1, 0.15) is 0 Å². The molecule has 0 bridgehead atoms. The van der Waals surface area contributed by atoms with E-state index in [0.717, 1.165) is 0 Å². The first-order chi connectivity index (χ1) is 4.13. The maximum absolute atomic E-state index is 10.3. The Morgan fingerprint density at radius 2 is 2.00 bits per heavy atom. The van der Waals surface area contributed by atoms with Crippen molar-refractivity contribution in [2.45, 2.75) is 19.1 Å². The lowest BCUT2D eigenvalue weighted by Gasteiger charge is -1.79. The van der Waals surface area contributed by atoms with Gasteiger partial charge in [-0.3, -0.25) is 4.79 Å². The zero-order chi connectivity index (χ0) is 7.02. The number of rotatable bonds is 2. The molecule has 0 aromatic rings. The van der Waals surface area contributed by atoms with E-state index < -0.39 is 18.2 Å². The van der Waals surface area contributed by atoms with Gasteiger partial charge in [-0.05, 0) is 6.92 Å². The van der Waals surface area contributed by atoms with Crippen LogP contribution in [0.4, 0.5) is 0 Å². The maximum atomic E-state index is 10.3. The molecule has 0 amide bonds. The SMILES string of the molecule is CC(=O)C1OC1C(=O)O. The quantitative estimate of drug-likeness (QED) is 0.508. The zero-order valence-corrected chi connectivity index (χ0v) is 4.83. The van der Waals surface area contributed by atoms with Crippen LogP contribution in [-0.4, -0.2) is 29.1 Å². The minimum Gasteiger partial charge on any atom is -0.479 e. The average Bonchev–Trinajstić information content (AvgIpc) is 2.39. The third-order valence-corrected chi connectivity index (χ3v) is 1.14. The summed E-state index contributed by atoms with van der Waals surface area (Å²) in [5.41, 5.74) is 0. The summed E-state index contributed by atoms with van der Waals surface area (Å²) in [4.78, 5) is 20.3. The Bertz CT molecular complexity index is 144. The van der Waals surface area contributed by atoms with Crippen molar-refractivity contribution >= 4 is 11.8 Å². The van der Waals surface area contributed by atoms with Gasteiger partial charge in [-0.15, -0.1) is 0 Å². The predicted octanol–water partition coefficient (Wildman–Crippen LogP) is -0.573. The molecule has 1 heterocycles. The lowest BCUT2D eigenvalue weighted by molar-refractivity contribution is -0.138. The van der Waals surface area contributed by atoms with Gasteiger partial charge in [0.15, 0.2) is 18.0 Å². The van der Waals surface area contributed by atoms with Crippen LogP contribution in [0.25, 0.3) is 0 Å². The molecule has 0 spiro atoms. The van der Waals surface area contributed by atoms with Gasteiger partial charge in [-0.1, -0.05) is 0 Å². The minimum absolute atomic E-state index is 0.220. The van der Waals surface area contributed by atoms with Crippen LogP contribution in [0, 0.1) is 0 Å². The molecule has 50 valence electrons.